The predicted molar refractivity (Wildman–Crippen MR) is 76.2 cm³/mol. The van der Waals surface area contributed by atoms with Gasteiger partial charge < -0.3 is 10.5 Å². The maximum Gasteiger partial charge on any atom is 0.155 e. The van der Waals surface area contributed by atoms with Crippen LogP contribution in [0.2, 0.25) is 5.02 Å². The third-order valence-corrected chi connectivity index (χ3v) is 6.26. The zero-order chi connectivity index (χ0) is 14.3. The molecule has 6 heteroatoms. The monoisotopic (exact) mass is 303 g/mol. The minimum absolute atomic E-state index is 0.0877. The van der Waals surface area contributed by atoms with Crippen LogP contribution in [0.25, 0.3) is 0 Å². The molecule has 1 aliphatic rings. The standard InChI is InChI=1S/C13H18ClNO3S/c1-3-19(16,17)12-11(13(12,15)8-18-2)9-4-6-10(14)7-5-9/h4-7,11-12H,3,8,15H2,1-2H3/t11-,12+,13+/m0/s1. The highest BCUT2D eigenvalue weighted by Gasteiger charge is 2.68. The second-order valence-corrected chi connectivity index (χ2v) is 7.79. The molecule has 19 heavy (non-hydrogen) atoms. The fourth-order valence-corrected chi connectivity index (χ4v) is 4.84. The van der Waals surface area contributed by atoms with E-state index in [9.17, 15) is 8.42 Å². The van der Waals surface area contributed by atoms with Crippen LogP contribution in [0.5, 0.6) is 0 Å². The molecule has 1 aromatic carbocycles. The van der Waals surface area contributed by atoms with Crippen molar-refractivity contribution >= 4 is 21.4 Å². The van der Waals surface area contributed by atoms with Gasteiger partial charge in [-0.3, -0.25) is 0 Å². The molecule has 0 aliphatic heterocycles. The number of methoxy groups -OCH3 is 1. The molecule has 1 fully saturated rings. The van der Waals surface area contributed by atoms with Crippen molar-refractivity contribution in [2.75, 3.05) is 19.5 Å². The van der Waals surface area contributed by atoms with E-state index in [1.165, 1.54) is 7.11 Å². The quantitative estimate of drug-likeness (QED) is 0.897. The number of hydrogen-bond donors (Lipinski definition) is 1. The van der Waals surface area contributed by atoms with Crippen LogP contribution < -0.4 is 5.73 Å². The summed E-state index contributed by atoms with van der Waals surface area (Å²) in [6, 6.07) is 7.15. The van der Waals surface area contributed by atoms with Gasteiger partial charge in [-0.15, -0.1) is 0 Å². The lowest BCUT2D eigenvalue weighted by molar-refractivity contribution is 0.171. The number of nitrogens with two attached hydrogens (primary N) is 1. The third-order valence-electron chi connectivity index (χ3n) is 3.72. The first-order chi connectivity index (χ1) is 8.86. The summed E-state index contributed by atoms with van der Waals surface area (Å²) in [4.78, 5) is 0. The Morgan fingerprint density at radius 2 is 1.95 bits per heavy atom. The molecular weight excluding hydrogens is 286 g/mol. The van der Waals surface area contributed by atoms with Gasteiger partial charge in [0.25, 0.3) is 0 Å². The zero-order valence-corrected chi connectivity index (χ0v) is 12.5. The van der Waals surface area contributed by atoms with E-state index in [0.29, 0.717) is 5.02 Å². The highest BCUT2D eigenvalue weighted by molar-refractivity contribution is 7.92. The lowest BCUT2D eigenvalue weighted by Crippen LogP contribution is -2.36. The summed E-state index contributed by atoms with van der Waals surface area (Å²) >= 11 is 5.85. The second-order valence-electron chi connectivity index (χ2n) is 4.95. The fraction of sp³-hybridized carbons (Fsp3) is 0.538. The van der Waals surface area contributed by atoms with E-state index < -0.39 is 20.6 Å². The van der Waals surface area contributed by atoms with Crippen LogP contribution in [0.15, 0.2) is 24.3 Å². The van der Waals surface area contributed by atoms with Crippen molar-refractivity contribution in [1.29, 1.82) is 0 Å². The fourth-order valence-electron chi connectivity index (χ4n) is 2.72. The number of ether oxygens (including phenoxy) is 1. The lowest BCUT2D eigenvalue weighted by Gasteiger charge is -2.10. The zero-order valence-electron chi connectivity index (χ0n) is 11.0. The van der Waals surface area contributed by atoms with Crippen molar-refractivity contribution in [2.45, 2.75) is 23.6 Å². The molecule has 2 N–H and O–H groups in total. The number of rotatable bonds is 5. The highest BCUT2D eigenvalue weighted by atomic mass is 35.5. The van der Waals surface area contributed by atoms with Crippen LogP contribution in [0, 0.1) is 0 Å². The molecule has 0 bridgehead atoms. The van der Waals surface area contributed by atoms with Crippen molar-refractivity contribution in [3.63, 3.8) is 0 Å². The normalized spacial score (nSPS) is 30.3. The van der Waals surface area contributed by atoms with Crippen molar-refractivity contribution in [3.8, 4) is 0 Å². The van der Waals surface area contributed by atoms with E-state index >= 15 is 0 Å². The summed E-state index contributed by atoms with van der Waals surface area (Å²) in [6.45, 7) is 1.87. The maximum absolute atomic E-state index is 12.1. The molecule has 1 aliphatic carbocycles. The van der Waals surface area contributed by atoms with Gasteiger partial charge in [-0.1, -0.05) is 30.7 Å². The molecule has 0 heterocycles. The summed E-state index contributed by atoms with van der Waals surface area (Å²) in [5, 5.41) is 0.0415. The summed E-state index contributed by atoms with van der Waals surface area (Å²) in [7, 11) is -1.67. The summed E-state index contributed by atoms with van der Waals surface area (Å²) in [6.07, 6.45) is 0. The molecular formula is C13H18ClNO3S. The average molecular weight is 304 g/mol. The average Bonchev–Trinajstić information content (AvgIpc) is 2.97. The minimum Gasteiger partial charge on any atom is -0.383 e. The van der Waals surface area contributed by atoms with Crippen molar-refractivity contribution in [2.24, 2.45) is 5.73 Å². The molecule has 2 rings (SSSR count). The van der Waals surface area contributed by atoms with Crippen molar-refractivity contribution < 1.29 is 13.2 Å². The van der Waals surface area contributed by atoms with E-state index in [4.69, 9.17) is 22.1 Å². The van der Waals surface area contributed by atoms with Crippen LogP contribution in [-0.4, -0.2) is 38.7 Å². The van der Waals surface area contributed by atoms with Gasteiger partial charge in [0, 0.05) is 23.8 Å². The first-order valence-corrected chi connectivity index (χ1v) is 8.21. The molecule has 0 saturated heterocycles. The lowest BCUT2D eigenvalue weighted by atomic mass is 10.1. The molecule has 1 saturated carbocycles. The van der Waals surface area contributed by atoms with E-state index in [1.54, 1.807) is 19.1 Å². The number of sulfone groups is 1. The Morgan fingerprint density at radius 3 is 2.42 bits per heavy atom. The summed E-state index contributed by atoms with van der Waals surface area (Å²) < 4.78 is 29.4. The maximum atomic E-state index is 12.1. The third kappa shape index (κ3) is 2.52. The minimum atomic E-state index is -3.20. The Balaban J connectivity index is 2.36. The van der Waals surface area contributed by atoms with Gasteiger partial charge in [-0.05, 0) is 17.7 Å². The number of halogens is 1. The second kappa shape index (κ2) is 5.05. The largest absolute Gasteiger partial charge is 0.383 e. The van der Waals surface area contributed by atoms with Gasteiger partial charge >= 0.3 is 0 Å². The molecule has 0 aromatic heterocycles. The van der Waals surface area contributed by atoms with Crippen molar-refractivity contribution in [3.05, 3.63) is 34.9 Å². The van der Waals surface area contributed by atoms with Crippen LogP contribution in [0.4, 0.5) is 0 Å². The van der Waals surface area contributed by atoms with Gasteiger partial charge in [-0.25, -0.2) is 8.42 Å². The molecule has 3 atom stereocenters. The van der Waals surface area contributed by atoms with Gasteiger partial charge in [0.2, 0.25) is 0 Å². The first kappa shape index (κ1) is 14.8. The SMILES string of the molecule is CCS(=O)(=O)[C@@H]1[C@H](c2ccc(Cl)cc2)[C@]1(N)COC. The van der Waals surface area contributed by atoms with Crippen molar-refractivity contribution in [1.82, 2.24) is 0 Å². The topological polar surface area (TPSA) is 69.4 Å². The Labute approximate surface area is 118 Å². The molecule has 0 radical (unpaired) electrons. The molecule has 0 amide bonds. The Morgan fingerprint density at radius 1 is 1.37 bits per heavy atom. The van der Waals surface area contributed by atoms with Crippen LogP contribution in [0.1, 0.15) is 18.4 Å². The van der Waals surface area contributed by atoms with E-state index in [1.807, 2.05) is 12.1 Å². The Hall–Kier alpha value is -0.620. The first-order valence-electron chi connectivity index (χ1n) is 6.11. The number of benzene rings is 1. The Bertz CT molecular complexity index is 558. The van der Waals surface area contributed by atoms with Crippen LogP contribution >= 0.6 is 11.6 Å². The van der Waals surface area contributed by atoms with Gasteiger partial charge in [-0.2, -0.15) is 0 Å². The summed E-state index contributed by atoms with van der Waals surface area (Å²) in [5.41, 5.74) is 6.30. The molecule has 1 aromatic rings. The number of hydrogen-bond acceptors (Lipinski definition) is 4. The van der Waals surface area contributed by atoms with Crippen LogP contribution in [0.3, 0.4) is 0 Å². The van der Waals surface area contributed by atoms with E-state index in [-0.39, 0.29) is 18.3 Å². The van der Waals surface area contributed by atoms with E-state index in [2.05, 4.69) is 0 Å². The smallest absolute Gasteiger partial charge is 0.155 e. The molecule has 106 valence electrons. The molecule has 0 spiro atoms. The summed E-state index contributed by atoms with van der Waals surface area (Å²) in [5.74, 6) is -0.139. The Kier molecular flexibility index (Phi) is 3.93. The predicted octanol–water partition coefficient (Wildman–Crippen LogP) is 1.58. The molecule has 0 unspecified atom stereocenters. The van der Waals surface area contributed by atoms with Gasteiger partial charge in [0.15, 0.2) is 9.84 Å². The van der Waals surface area contributed by atoms with Gasteiger partial charge in [0.05, 0.1) is 17.4 Å². The van der Waals surface area contributed by atoms with Crippen LogP contribution in [-0.2, 0) is 14.6 Å². The highest BCUT2D eigenvalue weighted by Crippen LogP contribution is 2.54. The van der Waals surface area contributed by atoms with Gasteiger partial charge in [0.1, 0.15) is 0 Å². The van der Waals surface area contributed by atoms with E-state index in [0.717, 1.165) is 5.56 Å². The molecule has 4 nitrogen and oxygen atoms in total.